The van der Waals surface area contributed by atoms with Crippen LogP contribution in [0.25, 0.3) is 0 Å². The molecular weight excluding hydrogens is 943 g/mol. The highest BCUT2D eigenvalue weighted by molar-refractivity contribution is 6.74. The highest BCUT2D eigenvalue weighted by Crippen LogP contribution is 2.80. The first-order valence-electron chi connectivity index (χ1n) is 25.8. The zero-order valence-corrected chi connectivity index (χ0v) is 46.0. The molecule has 2 aromatic carbocycles. The van der Waals surface area contributed by atoms with Crippen molar-refractivity contribution in [3.63, 3.8) is 0 Å². The van der Waals surface area contributed by atoms with Gasteiger partial charge < -0.3 is 43.0 Å². The van der Waals surface area contributed by atoms with E-state index >= 15 is 14.4 Å². The van der Waals surface area contributed by atoms with E-state index in [4.69, 9.17) is 32.5 Å². The summed E-state index contributed by atoms with van der Waals surface area (Å²) >= 11 is 0. The molecule has 17 heteroatoms. The molecule has 2 N–H and O–H groups in total. The molecule has 4 saturated carbocycles. The van der Waals surface area contributed by atoms with Gasteiger partial charge in [-0.3, -0.25) is 14.4 Å². The molecule has 5 fully saturated rings. The van der Waals surface area contributed by atoms with Crippen molar-refractivity contribution in [1.29, 1.82) is 0 Å². The predicted molar refractivity (Wildman–Crippen MR) is 268 cm³/mol. The van der Waals surface area contributed by atoms with Gasteiger partial charge in [0.2, 0.25) is 11.6 Å². The molecule has 2 aromatic rings. The molecule has 1 heterocycles. The second-order valence-electron chi connectivity index (χ2n) is 22.3. The molecule has 13 atom stereocenters. The molecule has 0 bridgehead atoms. The van der Waals surface area contributed by atoms with Gasteiger partial charge in [-0.1, -0.05) is 104 Å². The predicted octanol–water partition coefficient (Wildman–Crippen LogP) is 8.83. The molecular formula is C54H77NO14Si2. The Morgan fingerprint density at radius 1 is 0.845 bits per heavy atom. The van der Waals surface area contributed by atoms with Crippen LogP contribution < -0.4 is 5.32 Å². The molecule has 4 unspecified atom stereocenters. The summed E-state index contributed by atoms with van der Waals surface area (Å²) in [6.45, 7) is 23.4. The Morgan fingerprint density at radius 2 is 1.41 bits per heavy atom. The number of ether oxygens (including phenoxy) is 5. The van der Waals surface area contributed by atoms with Crippen LogP contribution in [0.2, 0.25) is 36.3 Å². The molecule has 390 valence electrons. The first-order valence-corrected chi connectivity index (χ1v) is 30.9. The van der Waals surface area contributed by atoms with Crippen LogP contribution in [0.1, 0.15) is 125 Å². The molecule has 0 radical (unpaired) electrons. The normalized spacial score (nSPS) is 33.9. The molecule has 1 saturated heterocycles. The van der Waals surface area contributed by atoms with Crippen molar-refractivity contribution < 1.29 is 66.4 Å². The number of nitrogens with one attached hydrogen (secondary N) is 1. The van der Waals surface area contributed by atoms with E-state index in [1.54, 1.807) is 96.1 Å². The second-order valence-corrected chi connectivity index (χ2v) is 31.7. The summed E-state index contributed by atoms with van der Waals surface area (Å²) in [6.07, 6.45) is -5.93. The largest absolute Gasteiger partial charge is 0.456 e. The summed E-state index contributed by atoms with van der Waals surface area (Å²) in [5.41, 5.74) is -9.27. The van der Waals surface area contributed by atoms with Crippen LogP contribution in [0.4, 0.5) is 4.79 Å². The summed E-state index contributed by atoms with van der Waals surface area (Å²) in [4.78, 5) is 88.8. The zero-order valence-electron chi connectivity index (χ0n) is 44.0. The van der Waals surface area contributed by atoms with Crippen molar-refractivity contribution in [2.75, 3.05) is 6.61 Å². The Kier molecular flexibility index (Phi) is 15.0. The number of alkyl carbamates (subject to hydrolysis) is 1. The third-order valence-corrected chi connectivity index (χ3v) is 27.4. The lowest BCUT2D eigenvalue weighted by molar-refractivity contribution is -0.433. The average Bonchev–Trinajstić information content (AvgIpc) is 3.34. The molecule has 1 aliphatic heterocycles. The van der Waals surface area contributed by atoms with Gasteiger partial charge in [-0.2, -0.15) is 0 Å². The summed E-state index contributed by atoms with van der Waals surface area (Å²) in [6, 6.07) is 20.1. The number of Topliss-reactive ketones (excluding diaryl/α,β-unsaturated/α-hetero) is 2. The van der Waals surface area contributed by atoms with Gasteiger partial charge in [0.15, 0.2) is 28.3 Å². The van der Waals surface area contributed by atoms with Gasteiger partial charge in [-0.05, 0) is 81.7 Å². The van der Waals surface area contributed by atoms with Gasteiger partial charge in [-0.15, -0.1) is 0 Å². The third kappa shape index (κ3) is 8.55. The van der Waals surface area contributed by atoms with Gasteiger partial charge in [0, 0.05) is 31.6 Å². The molecule has 4 aliphatic carbocycles. The lowest BCUT2D eigenvalue weighted by Gasteiger charge is -2.81. The van der Waals surface area contributed by atoms with Crippen molar-refractivity contribution in [2.24, 2.45) is 28.6 Å². The van der Waals surface area contributed by atoms with E-state index in [0.717, 1.165) is 0 Å². The van der Waals surface area contributed by atoms with E-state index in [-0.39, 0.29) is 25.0 Å². The van der Waals surface area contributed by atoms with Crippen molar-refractivity contribution >= 4 is 52.2 Å². The standard InChI is InChI=1S/C54H77NO14Si2/c1-14-70(15-2,16-3)68-37-30-38-52(32-63-38,65-34(8)56)43-45(64-46(59)36-28-24-21-25-29-36)53(62)31-54(33(7)39(51(53,54)13)41(57)44(58)50(37,43)12)66-47(60)42(69-71(17-4,18-5)19-6)40(35-26-22-20-23-27-35)55-48(61)67-49(9,10)11/h20-29,33,37-40,42-43,45,62H,14-19,30-32H2,1-13H3,(H,55,61)/t33?,37-,38+,39?,40?,42+,43-,45-,50+,51+,52-,53+,54?/m0/s1. The lowest BCUT2D eigenvalue weighted by atomic mass is 9.25. The Bertz CT molecular complexity index is 2340. The van der Waals surface area contributed by atoms with Crippen LogP contribution in [-0.2, 0) is 51.7 Å². The number of hydrogen-bond acceptors (Lipinski definition) is 14. The third-order valence-electron chi connectivity index (χ3n) is 18.1. The van der Waals surface area contributed by atoms with Crippen LogP contribution in [0.15, 0.2) is 60.7 Å². The highest BCUT2D eigenvalue weighted by Gasteiger charge is 2.93. The van der Waals surface area contributed by atoms with E-state index in [2.05, 4.69) is 26.1 Å². The number of hydrogen-bond donors (Lipinski definition) is 2. The number of carbonyl (C=O) groups is 6. The van der Waals surface area contributed by atoms with Crippen molar-refractivity contribution in [3.05, 3.63) is 71.8 Å². The fourth-order valence-electron chi connectivity index (χ4n) is 13.6. The number of amides is 1. The van der Waals surface area contributed by atoms with E-state index in [1.165, 1.54) is 6.92 Å². The van der Waals surface area contributed by atoms with Crippen molar-refractivity contribution in [1.82, 2.24) is 5.32 Å². The number of fused-ring (bicyclic) bond motifs is 3. The maximum atomic E-state index is 15.9. The number of benzene rings is 2. The fraction of sp³-hybridized carbons (Fsp3) is 0.667. The summed E-state index contributed by atoms with van der Waals surface area (Å²) < 4.78 is 46.1. The van der Waals surface area contributed by atoms with Gasteiger partial charge >= 0.3 is 24.0 Å². The van der Waals surface area contributed by atoms with E-state index in [9.17, 15) is 19.5 Å². The molecule has 0 spiro atoms. The SMILES string of the molecule is CC[Si](CC)(CC)O[C@H]1C[C@H]2OC[C@@]2(OC(C)=O)[C@H]2[C@H](OC(=O)c3ccccc3)[C@]3(O)CC4(OC(=O)[C@H](O[Si](CC)(CC)CC)C(NC(=O)OC(C)(C)C)c5ccccc5)C(C)C(C(=O)C(=O)[C@]12C)[C@@]43C. The smallest absolute Gasteiger partial charge is 0.408 e. The molecule has 15 nitrogen and oxygen atoms in total. The van der Waals surface area contributed by atoms with Crippen LogP contribution in [0, 0.1) is 28.6 Å². The van der Waals surface area contributed by atoms with E-state index in [1.807, 2.05) is 26.8 Å². The summed E-state index contributed by atoms with van der Waals surface area (Å²) in [7, 11) is -5.32. The number of aliphatic hydroxyl groups is 1. The molecule has 5 aliphatic rings. The second kappa shape index (κ2) is 19.5. The van der Waals surface area contributed by atoms with Crippen molar-refractivity contribution in [2.45, 2.75) is 192 Å². The number of esters is 3. The number of rotatable bonds is 18. The zero-order chi connectivity index (χ0) is 52.3. The minimum atomic E-state index is -2.72. The van der Waals surface area contributed by atoms with Gasteiger partial charge in [0.05, 0.1) is 41.1 Å². The van der Waals surface area contributed by atoms with E-state index in [0.29, 0.717) is 41.8 Å². The minimum Gasteiger partial charge on any atom is -0.456 e. The Hall–Kier alpha value is -4.27. The van der Waals surface area contributed by atoms with Crippen LogP contribution in [-0.4, -0.2) is 111 Å². The topological polar surface area (TPSA) is 199 Å². The van der Waals surface area contributed by atoms with Crippen LogP contribution in [0.5, 0.6) is 0 Å². The van der Waals surface area contributed by atoms with Crippen LogP contribution in [0.3, 0.4) is 0 Å². The van der Waals surface area contributed by atoms with Gasteiger partial charge in [0.1, 0.15) is 29.0 Å². The average molecular weight is 1020 g/mol. The molecule has 0 aromatic heterocycles. The minimum absolute atomic E-state index is 0.101. The Labute approximate surface area is 421 Å². The number of ketones is 2. The maximum absolute atomic E-state index is 15.9. The first kappa shape index (κ1) is 54.5. The lowest BCUT2D eigenvalue weighted by Crippen LogP contribution is -2.94. The monoisotopic (exact) mass is 1020 g/mol. The molecule has 1 amide bonds. The quantitative estimate of drug-likeness (QED) is 0.0621. The number of carbonyl (C=O) groups excluding carboxylic acids is 6. The fourth-order valence-corrected chi connectivity index (χ4v) is 19.3. The first-order chi connectivity index (χ1) is 33.3. The molecule has 71 heavy (non-hydrogen) atoms. The Balaban J connectivity index is 1.41. The Morgan fingerprint density at radius 3 is 1.92 bits per heavy atom. The maximum Gasteiger partial charge on any atom is 0.408 e. The summed E-state index contributed by atoms with van der Waals surface area (Å²) in [5.74, 6) is -7.42. The molecule has 7 rings (SSSR count). The highest BCUT2D eigenvalue weighted by atomic mass is 28.4. The van der Waals surface area contributed by atoms with Crippen LogP contribution >= 0.6 is 0 Å². The van der Waals surface area contributed by atoms with E-state index < -0.39 is 134 Å². The van der Waals surface area contributed by atoms with Gasteiger partial charge in [0.25, 0.3) is 0 Å². The van der Waals surface area contributed by atoms with Crippen molar-refractivity contribution in [3.8, 4) is 0 Å². The summed E-state index contributed by atoms with van der Waals surface area (Å²) in [5, 5.41) is 16.9. The van der Waals surface area contributed by atoms with Gasteiger partial charge in [-0.25, -0.2) is 14.4 Å².